The summed E-state index contributed by atoms with van der Waals surface area (Å²) in [5.74, 6) is 0.322. The molecule has 2 aromatic rings. The third kappa shape index (κ3) is 4.36. The molecule has 1 N–H and O–H groups in total. The highest BCUT2D eigenvalue weighted by molar-refractivity contribution is 7.99. The molecule has 0 unspecified atom stereocenters. The molecule has 0 bridgehead atoms. The maximum atomic E-state index is 13.1. The van der Waals surface area contributed by atoms with E-state index in [2.05, 4.69) is 20.2 Å². The quantitative estimate of drug-likeness (QED) is 0.647. The van der Waals surface area contributed by atoms with Crippen molar-refractivity contribution in [3.8, 4) is 0 Å². The number of nitrogens with one attached hydrogen (secondary N) is 1. The van der Waals surface area contributed by atoms with Crippen LogP contribution in [-0.4, -0.2) is 34.7 Å². The van der Waals surface area contributed by atoms with E-state index in [0.717, 1.165) is 18.9 Å². The van der Waals surface area contributed by atoms with Gasteiger partial charge in [0.15, 0.2) is 5.16 Å². The number of thioether (sulfide) groups is 1. The van der Waals surface area contributed by atoms with E-state index in [1.807, 2.05) is 6.07 Å². The van der Waals surface area contributed by atoms with E-state index in [4.69, 9.17) is 11.6 Å². The molecule has 1 amide bonds. The van der Waals surface area contributed by atoms with Crippen molar-refractivity contribution in [3.63, 3.8) is 0 Å². The van der Waals surface area contributed by atoms with Crippen LogP contribution in [0.15, 0.2) is 35.6 Å². The summed E-state index contributed by atoms with van der Waals surface area (Å²) in [5.41, 5.74) is 0.457. The first-order valence-electron chi connectivity index (χ1n) is 7.57. The lowest BCUT2D eigenvalue weighted by atomic mass is 10.3. The summed E-state index contributed by atoms with van der Waals surface area (Å²) < 4.78 is 13.1. The first-order valence-corrected chi connectivity index (χ1v) is 8.94. The van der Waals surface area contributed by atoms with Gasteiger partial charge in [0.05, 0.1) is 10.8 Å². The van der Waals surface area contributed by atoms with Gasteiger partial charge in [0.25, 0.3) is 0 Å². The molecule has 1 aromatic heterocycles. The Bertz CT molecular complexity index is 740. The first kappa shape index (κ1) is 17.0. The minimum Gasteiger partial charge on any atom is -0.356 e. The second kappa shape index (κ2) is 7.81. The molecule has 126 valence electrons. The minimum atomic E-state index is -0.517. The molecule has 8 heteroatoms. The van der Waals surface area contributed by atoms with Gasteiger partial charge in [-0.1, -0.05) is 23.4 Å². The molecule has 1 aliphatic heterocycles. The topological polar surface area (TPSA) is 58.1 Å². The molecular weight excluding hydrogens is 351 g/mol. The number of hydrogen-bond acceptors (Lipinski definition) is 5. The zero-order valence-electron chi connectivity index (χ0n) is 12.8. The predicted molar refractivity (Wildman–Crippen MR) is 94.2 cm³/mol. The van der Waals surface area contributed by atoms with Gasteiger partial charge >= 0.3 is 0 Å². The van der Waals surface area contributed by atoms with Gasteiger partial charge in [0.1, 0.15) is 11.6 Å². The highest BCUT2D eigenvalue weighted by atomic mass is 35.5. The van der Waals surface area contributed by atoms with Crippen molar-refractivity contribution >= 4 is 40.8 Å². The molecule has 0 atom stereocenters. The van der Waals surface area contributed by atoms with Crippen LogP contribution in [-0.2, 0) is 4.79 Å². The van der Waals surface area contributed by atoms with Crippen LogP contribution < -0.4 is 10.2 Å². The number of aromatic nitrogens is 2. The third-order valence-corrected chi connectivity index (χ3v) is 4.74. The van der Waals surface area contributed by atoms with Crippen molar-refractivity contribution in [1.82, 2.24) is 9.97 Å². The average molecular weight is 367 g/mol. The number of benzene rings is 1. The number of rotatable bonds is 5. The van der Waals surface area contributed by atoms with E-state index in [-0.39, 0.29) is 16.7 Å². The predicted octanol–water partition coefficient (Wildman–Crippen LogP) is 3.60. The Kier molecular flexibility index (Phi) is 5.52. The average Bonchev–Trinajstić information content (AvgIpc) is 3.11. The van der Waals surface area contributed by atoms with Crippen LogP contribution in [0.3, 0.4) is 0 Å². The van der Waals surface area contributed by atoms with Crippen LogP contribution in [0.1, 0.15) is 12.8 Å². The highest BCUT2D eigenvalue weighted by Gasteiger charge is 2.14. The van der Waals surface area contributed by atoms with Crippen molar-refractivity contribution < 1.29 is 9.18 Å². The molecule has 0 saturated carbocycles. The summed E-state index contributed by atoms with van der Waals surface area (Å²) in [4.78, 5) is 22.9. The summed E-state index contributed by atoms with van der Waals surface area (Å²) in [7, 11) is 0. The van der Waals surface area contributed by atoms with E-state index < -0.39 is 5.82 Å². The summed E-state index contributed by atoms with van der Waals surface area (Å²) in [6.45, 7) is 2.01. The second-order valence-corrected chi connectivity index (χ2v) is 6.71. The number of hydrogen-bond donors (Lipinski definition) is 1. The fourth-order valence-corrected chi connectivity index (χ4v) is 3.23. The Morgan fingerprint density at radius 3 is 2.88 bits per heavy atom. The minimum absolute atomic E-state index is 0.0258. The summed E-state index contributed by atoms with van der Waals surface area (Å²) in [6.07, 6.45) is 4.06. The Morgan fingerprint density at radius 2 is 2.12 bits per heavy atom. The second-order valence-electron chi connectivity index (χ2n) is 5.36. The van der Waals surface area contributed by atoms with Crippen molar-refractivity contribution in [2.45, 2.75) is 18.0 Å². The molecule has 24 heavy (non-hydrogen) atoms. The molecule has 1 saturated heterocycles. The van der Waals surface area contributed by atoms with E-state index in [0.29, 0.717) is 10.8 Å². The van der Waals surface area contributed by atoms with Gasteiger partial charge in [-0.05, 0) is 37.1 Å². The van der Waals surface area contributed by atoms with E-state index in [1.165, 1.54) is 42.8 Å². The third-order valence-electron chi connectivity index (χ3n) is 3.58. The number of nitrogens with zero attached hydrogens (tertiary/aromatic N) is 3. The van der Waals surface area contributed by atoms with E-state index in [1.54, 1.807) is 6.20 Å². The Hall–Kier alpha value is -1.86. The molecule has 0 radical (unpaired) electrons. The smallest absolute Gasteiger partial charge is 0.234 e. The molecule has 1 aromatic carbocycles. The maximum Gasteiger partial charge on any atom is 0.234 e. The SMILES string of the molecule is O=C(CSc1nccc(N2CCCC2)n1)Nc1ccc(F)c(Cl)c1. The molecule has 0 spiro atoms. The molecule has 1 aliphatic rings. The number of carbonyl (C=O) groups excluding carboxylic acids is 1. The number of anilines is 2. The fraction of sp³-hybridized carbons (Fsp3) is 0.312. The van der Waals surface area contributed by atoms with E-state index >= 15 is 0 Å². The zero-order valence-corrected chi connectivity index (χ0v) is 14.4. The van der Waals surface area contributed by atoms with Gasteiger partial charge < -0.3 is 10.2 Å². The Morgan fingerprint density at radius 1 is 1.33 bits per heavy atom. The number of amides is 1. The Labute approximate surface area is 148 Å². The summed E-state index contributed by atoms with van der Waals surface area (Å²) >= 11 is 6.95. The maximum absolute atomic E-state index is 13.1. The largest absolute Gasteiger partial charge is 0.356 e. The molecule has 1 fully saturated rings. The summed E-state index contributed by atoms with van der Waals surface area (Å²) in [6, 6.07) is 5.95. The van der Waals surface area contributed by atoms with Crippen LogP contribution in [0.25, 0.3) is 0 Å². The molecule has 3 rings (SSSR count). The highest BCUT2D eigenvalue weighted by Crippen LogP contribution is 2.22. The normalized spacial score (nSPS) is 14.0. The summed E-state index contributed by atoms with van der Waals surface area (Å²) in [5, 5.41) is 3.21. The fourth-order valence-electron chi connectivity index (χ4n) is 2.42. The van der Waals surface area contributed by atoms with Gasteiger partial charge in [0.2, 0.25) is 5.91 Å². The van der Waals surface area contributed by atoms with E-state index in [9.17, 15) is 9.18 Å². The van der Waals surface area contributed by atoms with Crippen LogP contribution in [0.2, 0.25) is 5.02 Å². The van der Waals surface area contributed by atoms with Crippen molar-refractivity contribution in [3.05, 3.63) is 41.3 Å². The van der Waals surface area contributed by atoms with Gasteiger partial charge in [-0.2, -0.15) is 0 Å². The van der Waals surface area contributed by atoms with Crippen LogP contribution in [0, 0.1) is 5.82 Å². The monoisotopic (exact) mass is 366 g/mol. The molecular formula is C16H16ClFN4OS. The van der Waals surface area contributed by atoms with Crippen LogP contribution in [0.5, 0.6) is 0 Å². The zero-order chi connectivity index (χ0) is 16.9. The van der Waals surface area contributed by atoms with Gasteiger partial charge in [-0.25, -0.2) is 14.4 Å². The standard InChI is InChI=1S/C16H16ClFN4OS/c17-12-9-11(3-4-13(12)18)20-15(23)10-24-16-19-6-5-14(21-16)22-7-1-2-8-22/h3-6,9H,1-2,7-8,10H2,(H,20,23). The van der Waals surface area contributed by atoms with Gasteiger partial charge in [0, 0.05) is 25.0 Å². The lowest BCUT2D eigenvalue weighted by Gasteiger charge is -2.16. The van der Waals surface area contributed by atoms with Crippen LogP contribution in [0.4, 0.5) is 15.9 Å². The van der Waals surface area contributed by atoms with Crippen molar-refractivity contribution in [2.75, 3.05) is 29.1 Å². The molecule has 5 nitrogen and oxygen atoms in total. The lowest BCUT2D eigenvalue weighted by molar-refractivity contribution is -0.113. The van der Waals surface area contributed by atoms with Crippen molar-refractivity contribution in [1.29, 1.82) is 0 Å². The number of carbonyl (C=O) groups is 1. The Balaban J connectivity index is 1.55. The van der Waals surface area contributed by atoms with Gasteiger partial charge in [-0.3, -0.25) is 4.79 Å². The molecule has 0 aliphatic carbocycles. The van der Waals surface area contributed by atoms with Crippen molar-refractivity contribution in [2.24, 2.45) is 0 Å². The van der Waals surface area contributed by atoms with Crippen LogP contribution >= 0.6 is 23.4 Å². The number of halogens is 2. The lowest BCUT2D eigenvalue weighted by Crippen LogP contribution is -2.19. The van der Waals surface area contributed by atoms with Gasteiger partial charge in [-0.15, -0.1) is 0 Å². The molecule has 2 heterocycles. The first-order chi connectivity index (χ1) is 11.6.